The van der Waals surface area contributed by atoms with E-state index in [9.17, 15) is 35.2 Å². The first-order chi connectivity index (χ1) is 10.9. The van der Waals surface area contributed by atoms with Gasteiger partial charge in [0, 0.05) is 10.1 Å². The zero-order chi connectivity index (χ0) is 18.6. The molecule has 0 N–H and O–H groups in total. The van der Waals surface area contributed by atoms with Crippen LogP contribution in [0.1, 0.15) is 12.8 Å². The van der Waals surface area contributed by atoms with Gasteiger partial charge in [-0.3, -0.25) is 8.65 Å². The van der Waals surface area contributed by atoms with E-state index < -0.39 is 43.3 Å². The van der Waals surface area contributed by atoms with Crippen LogP contribution in [-0.4, -0.2) is 40.0 Å². The molecule has 0 radical (unpaired) electrons. The van der Waals surface area contributed by atoms with Crippen LogP contribution < -0.4 is 0 Å². The lowest BCUT2D eigenvalue weighted by atomic mass is 10.3. The average Bonchev–Trinajstić information content (AvgIpc) is 2.45. The van der Waals surface area contributed by atoms with Gasteiger partial charge in [-0.2, -0.15) is 21.6 Å². The van der Waals surface area contributed by atoms with Crippen LogP contribution in [0.15, 0.2) is 29.2 Å². The molecule has 0 spiro atoms. The number of sulfonamides is 1. The highest BCUT2D eigenvalue weighted by molar-refractivity contribution is 14.1. The maximum Gasteiger partial charge on any atom is 0.510 e. The zero-order valence-electron chi connectivity index (χ0n) is 11.9. The third kappa shape index (κ3) is 5.80. The largest absolute Gasteiger partial charge is 0.772 e. The predicted molar refractivity (Wildman–Crippen MR) is 86.6 cm³/mol. The average molecular weight is 502 g/mol. The summed E-state index contributed by atoms with van der Waals surface area (Å²) in [6, 6.07) is 5.75. The van der Waals surface area contributed by atoms with E-state index in [-0.39, 0.29) is 17.7 Å². The van der Waals surface area contributed by atoms with Gasteiger partial charge in [0.2, 0.25) is 0 Å². The van der Waals surface area contributed by atoms with Crippen molar-refractivity contribution in [3.63, 3.8) is 0 Å². The lowest BCUT2D eigenvalue weighted by Gasteiger charge is -2.27. The molecule has 0 saturated heterocycles. The van der Waals surface area contributed by atoms with Crippen molar-refractivity contribution in [2.75, 3.05) is 13.2 Å². The minimum Gasteiger partial charge on any atom is -0.772 e. The molecule has 0 fully saturated rings. The van der Waals surface area contributed by atoms with Crippen LogP contribution in [0.4, 0.5) is 13.2 Å². The van der Waals surface area contributed by atoms with Crippen LogP contribution in [0.2, 0.25) is 0 Å². The Morgan fingerprint density at radius 3 is 2.12 bits per heavy atom. The Labute approximate surface area is 150 Å². The molecule has 0 amide bonds. The van der Waals surface area contributed by atoms with Crippen LogP contribution in [0, 0.1) is 8.78 Å². The van der Waals surface area contributed by atoms with Gasteiger partial charge in [0.1, 0.15) is 0 Å². The number of hydrogen-bond acceptors (Lipinski definition) is 6. The standard InChI is InChI=1S/C11H12F3INO6S2/c12-11(13,14)24(20,21)16(17)7-1-2-8-22-23(18,19)10-5-3-9(15)4-6-10/h3-6H,1-2,7-8H2/q-1. The molecule has 1 aromatic carbocycles. The predicted octanol–water partition coefficient (Wildman–Crippen LogP) is 2.43. The van der Waals surface area contributed by atoms with E-state index in [2.05, 4.69) is 4.18 Å². The summed E-state index contributed by atoms with van der Waals surface area (Å²) >= 11 is 1.98. The van der Waals surface area contributed by atoms with Crippen LogP contribution in [0.5, 0.6) is 0 Å². The number of hydrogen-bond donors (Lipinski definition) is 0. The molecule has 138 valence electrons. The van der Waals surface area contributed by atoms with Crippen molar-refractivity contribution in [3.8, 4) is 0 Å². The van der Waals surface area contributed by atoms with Gasteiger partial charge < -0.3 is 5.21 Å². The summed E-state index contributed by atoms with van der Waals surface area (Å²) < 4.78 is 85.8. The SMILES string of the molecule is O=S(=O)(OCCCCN([O-])S(=O)(=O)C(F)(F)F)c1ccc(I)cc1. The van der Waals surface area contributed by atoms with Gasteiger partial charge in [0.25, 0.3) is 10.1 Å². The highest BCUT2D eigenvalue weighted by atomic mass is 127. The molecule has 13 heteroatoms. The fourth-order valence-electron chi connectivity index (χ4n) is 1.42. The second-order valence-electron chi connectivity index (χ2n) is 4.41. The smallest absolute Gasteiger partial charge is 0.510 e. The molecule has 0 bridgehead atoms. The van der Waals surface area contributed by atoms with Crippen LogP contribution in [0.3, 0.4) is 0 Å². The molecule has 0 unspecified atom stereocenters. The van der Waals surface area contributed by atoms with Gasteiger partial charge in [-0.15, -0.1) is 0 Å². The van der Waals surface area contributed by atoms with Crippen LogP contribution in [0.25, 0.3) is 0 Å². The summed E-state index contributed by atoms with van der Waals surface area (Å²) in [5, 5.41) is 11.0. The van der Waals surface area contributed by atoms with Crippen molar-refractivity contribution in [3.05, 3.63) is 33.0 Å². The maximum atomic E-state index is 12.1. The Balaban J connectivity index is 2.45. The molecule has 1 rings (SSSR count). The van der Waals surface area contributed by atoms with Gasteiger partial charge in [-0.05, 0) is 59.7 Å². The minimum absolute atomic E-state index is 0.0898. The van der Waals surface area contributed by atoms with Gasteiger partial charge in [0.05, 0.1) is 11.5 Å². The monoisotopic (exact) mass is 502 g/mol. The molecule has 0 atom stereocenters. The molecule has 0 aromatic heterocycles. The van der Waals surface area contributed by atoms with Crippen LogP contribution >= 0.6 is 22.6 Å². The lowest BCUT2D eigenvalue weighted by Crippen LogP contribution is -2.37. The lowest BCUT2D eigenvalue weighted by molar-refractivity contribution is -0.0477. The fourth-order valence-corrected chi connectivity index (χ4v) is 3.32. The molecule has 0 aliphatic heterocycles. The van der Waals surface area contributed by atoms with E-state index in [1.165, 1.54) is 12.1 Å². The van der Waals surface area contributed by atoms with Crippen molar-refractivity contribution in [2.45, 2.75) is 23.2 Å². The fraction of sp³-hybridized carbons (Fsp3) is 0.455. The Bertz CT molecular complexity index is 749. The van der Waals surface area contributed by atoms with Gasteiger partial charge in [-0.1, -0.05) is 0 Å². The summed E-state index contributed by atoms with van der Waals surface area (Å²) in [6.07, 6.45) is -0.406. The van der Waals surface area contributed by atoms with E-state index in [1.54, 1.807) is 12.1 Å². The number of alkyl halides is 3. The third-order valence-corrected chi connectivity index (χ3v) is 5.99. The second kappa shape index (κ2) is 8.27. The van der Waals surface area contributed by atoms with E-state index in [0.29, 0.717) is 0 Å². The number of rotatable bonds is 8. The van der Waals surface area contributed by atoms with Crippen molar-refractivity contribution in [1.82, 2.24) is 4.47 Å². The van der Waals surface area contributed by atoms with Gasteiger partial charge >= 0.3 is 15.5 Å². The Kier molecular flexibility index (Phi) is 7.43. The molecular formula is C11H12F3INO6S2-. The summed E-state index contributed by atoms with van der Waals surface area (Å²) in [5.41, 5.74) is -5.67. The van der Waals surface area contributed by atoms with E-state index >= 15 is 0 Å². The molecule has 1 aromatic rings. The zero-order valence-corrected chi connectivity index (χ0v) is 15.7. The summed E-state index contributed by atoms with van der Waals surface area (Å²) in [4.78, 5) is -0.0898. The number of unbranched alkanes of at least 4 members (excludes halogenated alkanes) is 1. The molecule has 0 aliphatic carbocycles. The normalized spacial score (nSPS) is 13.4. The first kappa shape index (κ1) is 21.6. The second-order valence-corrected chi connectivity index (χ2v) is 9.10. The Morgan fingerprint density at radius 2 is 1.62 bits per heavy atom. The third-order valence-electron chi connectivity index (χ3n) is 2.64. The van der Waals surface area contributed by atoms with E-state index in [0.717, 1.165) is 3.57 Å². The van der Waals surface area contributed by atoms with E-state index in [4.69, 9.17) is 0 Å². The number of halogens is 4. The molecule has 0 aliphatic rings. The number of benzene rings is 1. The Morgan fingerprint density at radius 1 is 1.08 bits per heavy atom. The summed E-state index contributed by atoms with van der Waals surface area (Å²) in [7, 11) is -9.94. The van der Waals surface area contributed by atoms with Gasteiger partial charge in [0.15, 0.2) is 0 Å². The van der Waals surface area contributed by atoms with Gasteiger partial charge in [-0.25, -0.2) is 8.42 Å². The van der Waals surface area contributed by atoms with E-state index in [1.807, 2.05) is 22.6 Å². The summed E-state index contributed by atoms with van der Waals surface area (Å²) in [5.74, 6) is 0. The Hall–Kier alpha value is -0.480. The minimum atomic E-state index is -5.92. The number of hydroxylamine groups is 1. The molecule has 0 heterocycles. The van der Waals surface area contributed by atoms with Crippen molar-refractivity contribution < 1.29 is 34.2 Å². The maximum absolute atomic E-state index is 12.1. The number of nitrogens with zero attached hydrogens (tertiary/aromatic N) is 1. The molecule has 7 nitrogen and oxygen atoms in total. The highest BCUT2D eigenvalue weighted by Gasteiger charge is 2.46. The van der Waals surface area contributed by atoms with Crippen LogP contribution in [-0.2, 0) is 24.3 Å². The van der Waals surface area contributed by atoms with Crippen molar-refractivity contribution in [2.24, 2.45) is 0 Å². The van der Waals surface area contributed by atoms with Crippen molar-refractivity contribution >= 4 is 42.7 Å². The quantitative estimate of drug-likeness (QED) is 0.234. The topological polar surface area (TPSA) is 104 Å². The van der Waals surface area contributed by atoms with Crippen molar-refractivity contribution in [1.29, 1.82) is 0 Å². The summed E-state index contributed by atoms with van der Waals surface area (Å²) in [6.45, 7) is -1.34. The first-order valence-electron chi connectivity index (χ1n) is 6.29. The highest BCUT2D eigenvalue weighted by Crippen LogP contribution is 2.26. The first-order valence-corrected chi connectivity index (χ1v) is 10.2. The molecule has 24 heavy (non-hydrogen) atoms. The molecule has 0 saturated carbocycles. The molecular weight excluding hydrogens is 490 g/mol.